The van der Waals surface area contributed by atoms with Gasteiger partial charge in [0.2, 0.25) is 0 Å². The van der Waals surface area contributed by atoms with Crippen LogP contribution in [0.25, 0.3) is 11.0 Å². The molecule has 1 atom stereocenters. The molecule has 0 spiro atoms. The molecule has 0 aliphatic heterocycles. The third-order valence-electron chi connectivity index (χ3n) is 4.66. The van der Waals surface area contributed by atoms with Crippen LogP contribution in [0.5, 0.6) is 0 Å². The summed E-state index contributed by atoms with van der Waals surface area (Å²) in [4.78, 5) is 4.70. The van der Waals surface area contributed by atoms with Gasteiger partial charge in [-0.2, -0.15) is 0 Å². The molecule has 106 valence electrons. The minimum Gasteiger partial charge on any atom is -0.385 e. The van der Waals surface area contributed by atoms with E-state index in [9.17, 15) is 5.11 Å². The summed E-state index contributed by atoms with van der Waals surface area (Å²) in [5.74, 6) is 0.940. The van der Waals surface area contributed by atoms with Gasteiger partial charge in [-0.3, -0.25) is 0 Å². The molecule has 3 nitrogen and oxygen atoms in total. The minimum absolute atomic E-state index is 0.565. The predicted molar refractivity (Wildman–Crippen MR) is 83.1 cm³/mol. The van der Waals surface area contributed by atoms with E-state index in [1.807, 2.05) is 43.4 Å². The molecule has 0 saturated carbocycles. The second kappa shape index (κ2) is 4.43. The van der Waals surface area contributed by atoms with Gasteiger partial charge < -0.3 is 9.67 Å². The summed E-state index contributed by atoms with van der Waals surface area (Å²) in [5.41, 5.74) is 3.65. The fourth-order valence-corrected chi connectivity index (χ4v) is 3.47. The average Bonchev–Trinajstić information content (AvgIpc) is 3.00. The molecule has 1 unspecified atom stereocenters. The minimum atomic E-state index is -0.786. The van der Waals surface area contributed by atoms with Crippen molar-refractivity contribution in [3.8, 4) is 0 Å². The first-order valence-corrected chi connectivity index (χ1v) is 7.38. The van der Waals surface area contributed by atoms with Crippen molar-refractivity contribution in [1.29, 1.82) is 0 Å². The molecule has 1 heterocycles. The van der Waals surface area contributed by atoms with Crippen molar-refractivity contribution in [3.05, 3.63) is 65.5 Å². The number of aliphatic hydroxyl groups is 1. The lowest BCUT2D eigenvalue weighted by atomic mass is 9.92. The van der Waals surface area contributed by atoms with Crippen molar-refractivity contribution in [2.75, 3.05) is 0 Å². The fourth-order valence-electron chi connectivity index (χ4n) is 3.47. The quantitative estimate of drug-likeness (QED) is 0.782. The summed E-state index contributed by atoms with van der Waals surface area (Å²) < 4.78 is 2.09. The van der Waals surface area contributed by atoms with Gasteiger partial charge in [0.05, 0.1) is 16.6 Å². The molecule has 1 aromatic heterocycles. The SMILES string of the molecule is Cn1c(CC2(O)CCc3ccccc32)nc2ccccc21. The zero-order chi connectivity index (χ0) is 14.4. The molecule has 1 aliphatic rings. The molecule has 1 aliphatic carbocycles. The number of hydrogen-bond acceptors (Lipinski definition) is 2. The molecule has 21 heavy (non-hydrogen) atoms. The number of hydrogen-bond donors (Lipinski definition) is 1. The van der Waals surface area contributed by atoms with Crippen molar-refractivity contribution in [3.63, 3.8) is 0 Å². The molecule has 4 rings (SSSR count). The van der Waals surface area contributed by atoms with Crippen LogP contribution in [0.3, 0.4) is 0 Å². The lowest BCUT2D eigenvalue weighted by molar-refractivity contribution is 0.0364. The van der Waals surface area contributed by atoms with Gasteiger partial charge in [-0.25, -0.2) is 4.98 Å². The number of nitrogens with zero attached hydrogens (tertiary/aromatic N) is 2. The van der Waals surface area contributed by atoms with Crippen LogP contribution < -0.4 is 0 Å². The highest BCUT2D eigenvalue weighted by atomic mass is 16.3. The van der Waals surface area contributed by atoms with Gasteiger partial charge in [-0.05, 0) is 36.1 Å². The highest BCUT2D eigenvalue weighted by Gasteiger charge is 2.37. The first kappa shape index (κ1) is 12.6. The molecule has 2 aromatic carbocycles. The summed E-state index contributed by atoms with van der Waals surface area (Å²) in [6, 6.07) is 16.3. The van der Waals surface area contributed by atoms with Crippen LogP contribution in [0.4, 0.5) is 0 Å². The summed E-state index contributed by atoms with van der Waals surface area (Å²) in [7, 11) is 2.02. The van der Waals surface area contributed by atoms with Gasteiger partial charge in [0.1, 0.15) is 5.82 Å². The molecule has 0 radical (unpaired) electrons. The third kappa shape index (κ3) is 1.88. The normalized spacial score (nSPS) is 20.9. The van der Waals surface area contributed by atoms with E-state index >= 15 is 0 Å². The Morgan fingerprint density at radius 2 is 1.90 bits per heavy atom. The Balaban J connectivity index is 1.77. The van der Waals surface area contributed by atoms with E-state index in [2.05, 4.69) is 16.7 Å². The van der Waals surface area contributed by atoms with E-state index in [0.717, 1.165) is 35.3 Å². The Hall–Kier alpha value is -2.13. The van der Waals surface area contributed by atoms with Gasteiger partial charge in [0.25, 0.3) is 0 Å². The number of benzene rings is 2. The van der Waals surface area contributed by atoms with E-state index in [1.165, 1.54) is 5.56 Å². The largest absolute Gasteiger partial charge is 0.385 e. The molecule has 1 N–H and O–H groups in total. The monoisotopic (exact) mass is 278 g/mol. The highest BCUT2D eigenvalue weighted by molar-refractivity contribution is 5.75. The lowest BCUT2D eigenvalue weighted by Gasteiger charge is -2.23. The van der Waals surface area contributed by atoms with Gasteiger partial charge in [-0.15, -0.1) is 0 Å². The van der Waals surface area contributed by atoms with E-state index in [1.54, 1.807) is 0 Å². The van der Waals surface area contributed by atoms with E-state index in [0.29, 0.717) is 6.42 Å². The van der Waals surface area contributed by atoms with Gasteiger partial charge >= 0.3 is 0 Å². The first-order valence-electron chi connectivity index (χ1n) is 7.38. The number of rotatable bonds is 2. The Kier molecular flexibility index (Phi) is 2.66. The second-order valence-corrected chi connectivity index (χ2v) is 5.94. The van der Waals surface area contributed by atoms with Crippen molar-refractivity contribution in [1.82, 2.24) is 9.55 Å². The van der Waals surface area contributed by atoms with E-state index in [-0.39, 0.29) is 0 Å². The predicted octanol–water partition coefficient (Wildman–Crippen LogP) is 2.95. The smallest absolute Gasteiger partial charge is 0.112 e. The van der Waals surface area contributed by atoms with E-state index in [4.69, 9.17) is 4.98 Å². The Morgan fingerprint density at radius 3 is 2.76 bits per heavy atom. The van der Waals surface area contributed by atoms with Crippen LogP contribution in [0.2, 0.25) is 0 Å². The zero-order valence-corrected chi connectivity index (χ0v) is 12.1. The van der Waals surface area contributed by atoms with Crippen molar-refractivity contribution in [2.45, 2.75) is 24.9 Å². The number of fused-ring (bicyclic) bond motifs is 2. The molecular weight excluding hydrogens is 260 g/mol. The van der Waals surface area contributed by atoms with Crippen LogP contribution in [0.1, 0.15) is 23.4 Å². The summed E-state index contributed by atoms with van der Waals surface area (Å²) in [6.07, 6.45) is 2.28. The topological polar surface area (TPSA) is 38.0 Å². The summed E-state index contributed by atoms with van der Waals surface area (Å²) in [5, 5.41) is 11.1. The Bertz CT molecular complexity index is 821. The van der Waals surface area contributed by atoms with Crippen LogP contribution in [0.15, 0.2) is 48.5 Å². The van der Waals surface area contributed by atoms with Crippen molar-refractivity contribution >= 4 is 11.0 Å². The zero-order valence-electron chi connectivity index (χ0n) is 12.1. The molecule has 0 amide bonds. The Labute approximate surface area is 123 Å². The highest BCUT2D eigenvalue weighted by Crippen LogP contribution is 2.39. The maximum atomic E-state index is 11.1. The molecule has 0 fully saturated rings. The van der Waals surface area contributed by atoms with Crippen LogP contribution in [-0.2, 0) is 25.5 Å². The molecular formula is C18H18N2O. The molecule has 3 heteroatoms. The second-order valence-electron chi connectivity index (χ2n) is 5.94. The fraction of sp³-hybridized carbons (Fsp3) is 0.278. The number of imidazole rings is 1. The lowest BCUT2D eigenvalue weighted by Crippen LogP contribution is -2.26. The maximum absolute atomic E-state index is 11.1. The van der Waals surface area contributed by atoms with Crippen molar-refractivity contribution in [2.24, 2.45) is 7.05 Å². The number of para-hydroxylation sites is 2. The Morgan fingerprint density at radius 1 is 1.14 bits per heavy atom. The average molecular weight is 278 g/mol. The van der Waals surface area contributed by atoms with E-state index < -0.39 is 5.60 Å². The number of aromatic nitrogens is 2. The van der Waals surface area contributed by atoms with Crippen LogP contribution >= 0.6 is 0 Å². The van der Waals surface area contributed by atoms with Crippen LogP contribution in [-0.4, -0.2) is 14.7 Å². The van der Waals surface area contributed by atoms with Gasteiger partial charge in [0.15, 0.2) is 0 Å². The molecule has 0 saturated heterocycles. The maximum Gasteiger partial charge on any atom is 0.112 e. The molecule has 3 aromatic rings. The standard InChI is InChI=1S/C18H18N2O/c1-20-16-9-5-4-8-15(16)19-17(20)12-18(21)11-10-13-6-2-3-7-14(13)18/h2-9,21H,10-12H2,1H3. The summed E-state index contributed by atoms with van der Waals surface area (Å²) in [6.45, 7) is 0. The summed E-state index contributed by atoms with van der Waals surface area (Å²) >= 11 is 0. The van der Waals surface area contributed by atoms with Gasteiger partial charge in [-0.1, -0.05) is 36.4 Å². The third-order valence-corrected chi connectivity index (χ3v) is 4.66. The van der Waals surface area contributed by atoms with Crippen LogP contribution in [0, 0.1) is 0 Å². The first-order chi connectivity index (χ1) is 10.2. The van der Waals surface area contributed by atoms with Gasteiger partial charge in [0, 0.05) is 13.5 Å². The number of aryl methyl sites for hydroxylation is 2. The van der Waals surface area contributed by atoms with Crippen molar-refractivity contribution < 1.29 is 5.11 Å². The molecule has 0 bridgehead atoms.